The fraction of sp³-hybridized carbons (Fsp3) is 0.474. The quantitative estimate of drug-likeness (QED) is 0.845. The van der Waals surface area contributed by atoms with E-state index in [2.05, 4.69) is 19.9 Å². The predicted octanol–water partition coefficient (Wildman–Crippen LogP) is 3.92. The molecule has 2 aromatic carbocycles. The Morgan fingerprint density at radius 3 is 2.73 bits per heavy atom. The lowest BCUT2D eigenvalue weighted by atomic mass is 9.84. The first-order valence-corrected chi connectivity index (χ1v) is 8.01. The summed E-state index contributed by atoms with van der Waals surface area (Å²) >= 11 is 0. The summed E-state index contributed by atoms with van der Waals surface area (Å²) < 4.78 is 5.87. The van der Waals surface area contributed by atoms with Crippen LogP contribution in [0.25, 0.3) is 10.8 Å². The SMILES string of the molecule is Cc1cc(N)c2c(CCC(C)C)ccc3c2c1OCC3(C)O. The van der Waals surface area contributed by atoms with Gasteiger partial charge in [0, 0.05) is 16.5 Å². The van der Waals surface area contributed by atoms with Crippen molar-refractivity contribution in [3.8, 4) is 5.75 Å². The van der Waals surface area contributed by atoms with E-state index in [-0.39, 0.29) is 6.61 Å². The Balaban J connectivity index is 2.29. The van der Waals surface area contributed by atoms with Gasteiger partial charge in [-0.15, -0.1) is 0 Å². The number of nitrogens with two attached hydrogens (primary N) is 1. The highest BCUT2D eigenvalue weighted by molar-refractivity contribution is 6.03. The van der Waals surface area contributed by atoms with E-state index >= 15 is 0 Å². The van der Waals surface area contributed by atoms with E-state index < -0.39 is 5.60 Å². The molecule has 0 spiro atoms. The third kappa shape index (κ3) is 2.34. The monoisotopic (exact) mass is 299 g/mol. The van der Waals surface area contributed by atoms with Gasteiger partial charge in [0.25, 0.3) is 0 Å². The smallest absolute Gasteiger partial charge is 0.130 e. The van der Waals surface area contributed by atoms with Crippen LogP contribution < -0.4 is 10.5 Å². The molecule has 1 aliphatic heterocycles. The van der Waals surface area contributed by atoms with Crippen molar-refractivity contribution in [1.29, 1.82) is 0 Å². The Bertz CT molecular complexity index is 732. The molecule has 22 heavy (non-hydrogen) atoms. The number of aryl methyl sites for hydroxylation is 2. The number of nitrogen functional groups attached to an aromatic ring is 1. The molecular weight excluding hydrogens is 274 g/mol. The van der Waals surface area contributed by atoms with E-state index in [1.165, 1.54) is 5.56 Å². The topological polar surface area (TPSA) is 55.5 Å². The normalized spacial score (nSPS) is 20.5. The highest BCUT2D eigenvalue weighted by atomic mass is 16.5. The van der Waals surface area contributed by atoms with Gasteiger partial charge in [-0.2, -0.15) is 0 Å². The van der Waals surface area contributed by atoms with Crippen molar-refractivity contribution in [2.24, 2.45) is 5.92 Å². The van der Waals surface area contributed by atoms with E-state index in [1.54, 1.807) is 6.92 Å². The molecule has 118 valence electrons. The van der Waals surface area contributed by atoms with Crippen LogP contribution in [0.5, 0.6) is 5.75 Å². The van der Waals surface area contributed by atoms with Crippen molar-refractivity contribution < 1.29 is 9.84 Å². The van der Waals surface area contributed by atoms with Crippen molar-refractivity contribution in [2.75, 3.05) is 12.3 Å². The third-order valence-electron chi connectivity index (χ3n) is 4.61. The second-order valence-corrected chi connectivity index (χ2v) is 7.13. The lowest BCUT2D eigenvalue weighted by molar-refractivity contribution is 0.00354. The molecule has 1 unspecified atom stereocenters. The summed E-state index contributed by atoms with van der Waals surface area (Å²) in [6, 6.07) is 6.15. The molecule has 3 N–H and O–H groups in total. The molecule has 3 rings (SSSR count). The van der Waals surface area contributed by atoms with Gasteiger partial charge in [-0.05, 0) is 55.4 Å². The van der Waals surface area contributed by atoms with Crippen molar-refractivity contribution in [3.63, 3.8) is 0 Å². The highest BCUT2D eigenvalue weighted by Crippen LogP contribution is 2.45. The highest BCUT2D eigenvalue weighted by Gasteiger charge is 2.33. The Labute approximate surface area is 132 Å². The van der Waals surface area contributed by atoms with Gasteiger partial charge in [-0.1, -0.05) is 26.0 Å². The first-order chi connectivity index (χ1) is 10.3. The number of anilines is 1. The second-order valence-electron chi connectivity index (χ2n) is 7.13. The zero-order chi connectivity index (χ0) is 16.1. The van der Waals surface area contributed by atoms with Gasteiger partial charge in [0.1, 0.15) is 18.0 Å². The fourth-order valence-corrected chi connectivity index (χ4v) is 3.36. The number of hydrogen-bond donors (Lipinski definition) is 2. The minimum atomic E-state index is -0.970. The second kappa shape index (κ2) is 5.17. The first kappa shape index (κ1) is 15.2. The minimum Gasteiger partial charge on any atom is -0.489 e. The largest absolute Gasteiger partial charge is 0.489 e. The van der Waals surface area contributed by atoms with Crippen molar-refractivity contribution >= 4 is 16.5 Å². The van der Waals surface area contributed by atoms with Crippen LogP contribution in [0, 0.1) is 12.8 Å². The summed E-state index contributed by atoms with van der Waals surface area (Å²) in [5, 5.41) is 12.7. The average molecular weight is 299 g/mol. The number of rotatable bonds is 3. The van der Waals surface area contributed by atoms with Crippen LogP contribution in [0.4, 0.5) is 5.69 Å². The van der Waals surface area contributed by atoms with Crippen LogP contribution >= 0.6 is 0 Å². The van der Waals surface area contributed by atoms with Crippen LogP contribution in [0.3, 0.4) is 0 Å². The number of benzene rings is 2. The summed E-state index contributed by atoms with van der Waals surface area (Å²) in [5.41, 5.74) is 9.34. The van der Waals surface area contributed by atoms with Gasteiger partial charge in [-0.25, -0.2) is 0 Å². The minimum absolute atomic E-state index is 0.283. The zero-order valence-corrected chi connectivity index (χ0v) is 13.9. The molecule has 0 bridgehead atoms. The summed E-state index contributed by atoms with van der Waals surface area (Å²) in [6.07, 6.45) is 2.11. The van der Waals surface area contributed by atoms with Crippen LogP contribution in [0.15, 0.2) is 18.2 Å². The van der Waals surface area contributed by atoms with Crippen LogP contribution in [-0.2, 0) is 12.0 Å². The Morgan fingerprint density at radius 2 is 2.05 bits per heavy atom. The maximum atomic E-state index is 10.7. The van der Waals surface area contributed by atoms with E-state index in [0.29, 0.717) is 5.92 Å². The first-order valence-electron chi connectivity index (χ1n) is 8.01. The zero-order valence-electron chi connectivity index (χ0n) is 13.9. The van der Waals surface area contributed by atoms with Gasteiger partial charge >= 0.3 is 0 Å². The van der Waals surface area contributed by atoms with Gasteiger partial charge in [-0.3, -0.25) is 0 Å². The fourth-order valence-electron chi connectivity index (χ4n) is 3.36. The molecule has 0 saturated carbocycles. The van der Waals surface area contributed by atoms with Gasteiger partial charge in [0.05, 0.1) is 0 Å². The van der Waals surface area contributed by atoms with Gasteiger partial charge in [0.15, 0.2) is 0 Å². The lowest BCUT2D eigenvalue weighted by Crippen LogP contribution is -2.33. The maximum absolute atomic E-state index is 10.7. The number of hydrogen-bond acceptors (Lipinski definition) is 3. The maximum Gasteiger partial charge on any atom is 0.130 e. The summed E-state index contributed by atoms with van der Waals surface area (Å²) in [5.74, 6) is 1.52. The van der Waals surface area contributed by atoms with Crippen LogP contribution in [0.1, 0.15) is 43.9 Å². The molecule has 0 aromatic heterocycles. The molecule has 2 aromatic rings. The predicted molar refractivity (Wildman–Crippen MR) is 91.3 cm³/mol. The van der Waals surface area contributed by atoms with Crippen molar-refractivity contribution in [1.82, 2.24) is 0 Å². The Morgan fingerprint density at radius 1 is 1.32 bits per heavy atom. The molecule has 0 fully saturated rings. The third-order valence-corrected chi connectivity index (χ3v) is 4.61. The molecule has 0 radical (unpaired) electrons. The molecule has 0 saturated heterocycles. The van der Waals surface area contributed by atoms with E-state index in [9.17, 15) is 5.11 Å². The molecule has 0 amide bonds. The molecule has 3 nitrogen and oxygen atoms in total. The Hall–Kier alpha value is -1.74. The van der Waals surface area contributed by atoms with Gasteiger partial charge < -0.3 is 15.6 Å². The molecule has 0 aliphatic carbocycles. The summed E-state index contributed by atoms with van der Waals surface area (Å²) in [6.45, 7) is 8.55. The number of aliphatic hydroxyl groups is 1. The molecule has 1 atom stereocenters. The molecule has 1 heterocycles. The summed E-state index contributed by atoms with van der Waals surface area (Å²) in [7, 11) is 0. The van der Waals surface area contributed by atoms with Gasteiger partial charge in [0.2, 0.25) is 0 Å². The van der Waals surface area contributed by atoms with E-state index in [4.69, 9.17) is 10.5 Å². The molecule has 1 aliphatic rings. The lowest BCUT2D eigenvalue weighted by Gasteiger charge is -2.33. The molecule has 3 heteroatoms. The average Bonchev–Trinajstić information content (AvgIpc) is 2.43. The standard InChI is InChI=1S/C19H25NO2/c1-11(2)5-6-13-7-8-14-17-16(13)15(20)9-12(3)18(17)22-10-19(14,4)21/h7-9,11,21H,5-6,10,20H2,1-4H3. The van der Waals surface area contributed by atoms with Crippen LogP contribution in [-0.4, -0.2) is 11.7 Å². The van der Waals surface area contributed by atoms with Crippen molar-refractivity contribution in [2.45, 2.75) is 46.1 Å². The van der Waals surface area contributed by atoms with Crippen LogP contribution in [0.2, 0.25) is 0 Å². The summed E-state index contributed by atoms with van der Waals surface area (Å²) in [4.78, 5) is 0. The van der Waals surface area contributed by atoms with E-state index in [1.807, 2.05) is 19.1 Å². The number of ether oxygens (including phenoxy) is 1. The van der Waals surface area contributed by atoms with E-state index in [0.717, 1.165) is 46.2 Å². The van der Waals surface area contributed by atoms with Crippen molar-refractivity contribution in [3.05, 3.63) is 34.9 Å². The Kier molecular flexibility index (Phi) is 3.56. The molecular formula is C19H25NO2.